The van der Waals surface area contributed by atoms with Crippen molar-refractivity contribution in [1.82, 2.24) is 5.32 Å². The summed E-state index contributed by atoms with van der Waals surface area (Å²) in [4.78, 5) is 0. The largest absolute Gasteiger partial charge is 0.380 e. The molecule has 1 N–H and O–H groups in total. The summed E-state index contributed by atoms with van der Waals surface area (Å²) in [6.45, 7) is 5.51. The molecule has 82 valence electrons. The Morgan fingerprint density at radius 2 is 2.07 bits per heavy atom. The molecular weight excluding hydrogens is 174 g/mol. The summed E-state index contributed by atoms with van der Waals surface area (Å²) in [5, 5.41) is 3.67. The number of ether oxygens (including phenoxy) is 1. The molecule has 2 heteroatoms. The van der Waals surface area contributed by atoms with E-state index in [1.807, 2.05) is 0 Å². The van der Waals surface area contributed by atoms with Gasteiger partial charge in [-0.15, -0.1) is 0 Å². The Morgan fingerprint density at radius 3 is 2.71 bits per heavy atom. The van der Waals surface area contributed by atoms with Gasteiger partial charge in [-0.1, -0.05) is 26.2 Å². The van der Waals surface area contributed by atoms with Gasteiger partial charge in [-0.25, -0.2) is 0 Å². The zero-order chi connectivity index (χ0) is 9.86. The summed E-state index contributed by atoms with van der Waals surface area (Å²) in [7, 11) is 0. The second kappa shape index (κ2) is 4.63. The molecule has 0 aromatic carbocycles. The molecule has 0 bridgehead atoms. The molecule has 0 radical (unpaired) electrons. The molecule has 2 nitrogen and oxygen atoms in total. The lowest BCUT2D eigenvalue weighted by Crippen LogP contribution is -2.39. The minimum atomic E-state index is 0.570. The van der Waals surface area contributed by atoms with Crippen LogP contribution in [0, 0.1) is 5.41 Å². The van der Waals surface area contributed by atoms with Crippen molar-refractivity contribution >= 4 is 0 Å². The van der Waals surface area contributed by atoms with Crippen LogP contribution < -0.4 is 5.32 Å². The van der Waals surface area contributed by atoms with Crippen molar-refractivity contribution in [3.63, 3.8) is 0 Å². The molecular formula is C12H23NO. The van der Waals surface area contributed by atoms with Gasteiger partial charge in [-0.3, -0.25) is 0 Å². The Hall–Kier alpha value is -0.0800. The van der Waals surface area contributed by atoms with E-state index < -0.39 is 0 Å². The predicted octanol–water partition coefficient (Wildman–Crippen LogP) is 2.34. The Balaban J connectivity index is 1.72. The van der Waals surface area contributed by atoms with Crippen LogP contribution in [0.3, 0.4) is 0 Å². The highest BCUT2D eigenvalue weighted by molar-refractivity contribution is 4.83. The monoisotopic (exact) mass is 197 g/mol. The summed E-state index contributed by atoms with van der Waals surface area (Å²) in [5.74, 6) is 0. The molecule has 1 heterocycles. The number of rotatable bonds is 3. The van der Waals surface area contributed by atoms with Crippen LogP contribution >= 0.6 is 0 Å². The van der Waals surface area contributed by atoms with Crippen LogP contribution in [0.2, 0.25) is 0 Å². The summed E-state index contributed by atoms with van der Waals surface area (Å²) in [5.41, 5.74) is 0.570. The minimum absolute atomic E-state index is 0.570. The van der Waals surface area contributed by atoms with Crippen molar-refractivity contribution in [2.75, 3.05) is 19.8 Å². The van der Waals surface area contributed by atoms with E-state index in [9.17, 15) is 0 Å². The van der Waals surface area contributed by atoms with E-state index in [2.05, 4.69) is 12.2 Å². The van der Waals surface area contributed by atoms with E-state index in [-0.39, 0.29) is 0 Å². The summed E-state index contributed by atoms with van der Waals surface area (Å²) < 4.78 is 5.37. The third-order valence-corrected chi connectivity index (χ3v) is 3.81. The van der Waals surface area contributed by atoms with Gasteiger partial charge in [0.15, 0.2) is 0 Å². The summed E-state index contributed by atoms with van der Waals surface area (Å²) in [6.07, 6.45) is 8.33. The minimum Gasteiger partial charge on any atom is -0.380 e. The molecule has 1 aliphatic carbocycles. The predicted molar refractivity (Wildman–Crippen MR) is 58.4 cm³/mol. The van der Waals surface area contributed by atoms with Crippen molar-refractivity contribution < 1.29 is 4.74 Å². The van der Waals surface area contributed by atoms with Gasteiger partial charge in [0.05, 0.1) is 6.61 Å². The van der Waals surface area contributed by atoms with Gasteiger partial charge in [0.1, 0.15) is 0 Å². The molecule has 1 saturated carbocycles. The third kappa shape index (κ3) is 2.71. The topological polar surface area (TPSA) is 21.3 Å². The van der Waals surface area contributed by atoms with Gasteiger partial charge in [0.2, 0.25) is 0 Å². The first-order valence-electron chi connectivity index (χ1n) is 6.10. The number of nitrogens with one attached hydrogen (secondary N) is 1. The molecule has 0 spiro atoms. The van der Waals surface area contributed by atoms with Crippen LogP contribution in [0.25, 0.3) is 0 Å². The maximum atomic E-state index is 5.37. The van der Waals surface area contributed by atoms with Gasteiger partial charge in [-0.2, -0.15) is 0 Å². The molecule has 14 heavy (non-hydrogen) atoms. The molecule has 0 aromatic heterocycles. The van der Waals surface area contributed by atoms with Gasteiger partial charge in [0, 0.05) is 19.2 Å². The van der Waals surface area contributed by atoms with Gasteiger partial charge >= 0.3 is 0 Å². The quantitative estimate of drug-likeness (QED) is 0.750. The fraction of sp³-hybridized carbons (Fsp3) is 1.00. The van der Waals surface area contributed by atoms with Crippen molar-refractivity contribution in [3.05, 3.63) is 0 Å². The second-order valence-corrected chi connectivity index (χ2v) is 5.31. The number of hydrogen-bond donors (Lipinski definition) is 1. The van der Waals surface area contributed by atoms with E-state index in [0.717, 1.165) is 13.2 Å². The highest BCUT2D eigenvalue weighted by atomic mass is 16.5. The molecule has 2 fully saturated rings. The fourth-order valence-electron chi connectivity index (χ4n) is 2.67. The van der Waals surface area contributed by atoms with Crippen LogP contribution in [0.1, 0.15) is 45.4 Å². The first-order chi connectivity index (χ1) is 6.79. The van der Waals surface area contributed by atoms with Gasteiger partial charge in [0.25, 0.3) is 0 Å². The fourth-order valence-corrected chi connectivity index (χ4v) is 2.67. The van der Waals surface area contributed by atoms with Gasteiger partial charge in [-0.05, 0) is 24.7 Å². The lowest BCUT2D eigenvalue weighted by atomic mass is 9.75. The normalized spacial score (nSPS) is 31.9. The van der Waals surface area contributed by atoms with Crippen LogP contribution in [-0.4, -0.2) is 25.8 Å². The standard InChI is InChI=1S/C12H23NO/c1-12(6-3-2-4-7-12)10-13-11-5-8-14-9-11/h11,13H,2-10H2,1H3. The highest BCUT2D eigenvalue weighted by Crippen LogP contribution is 2.35. The van der Waals surface area contributed by atoms with E-state index in [1.165, 1.54) is 45.1 Å². The molecule has 2 rings (SSSR count). The maximum Gasteiger partial charge on any atom is 0.0620 e. The summed E-state index contributed by atoms with van der Waals surface area (Å²) in [6, 6.07) is 0.633. The average Bonchev–Trinajstić information content (AvgIpc) is 2.69. The number of hydrogen-bond acceptors (Lipinski definition) is 2. The Morgan fingerprint density at radius 1 is 1.29 bits per heavy atom. The first-order valence-corrected chi connectivity index (χ1v) is 6.10. The second-order valence-electron chi connectivity index (χ2n) is 5.31. The lowest BCUT2D eigenvalue weighted by Gasteiger charge is -2.34. The van der Waals surface area contributed by atoms with E-state index in [0.29, 0.717) is 11.5 Å². The SMILES string of the molecule is CC1(CNC2CCOC2)CCCCC1. The lowest BCUT2D eigenvalue weighted by molar-refractivity contribution is 0.175. The molecule has 1 atom stereocenters. The average molecular weight is 197 g/mol. The third-order valence-electron chi connectivity index (χ3n) is 3.81. The maximum absolute atomic E-state index is 5.37. The Kier molecular flexibility index (Phi) is 3.45. The van der Waals surface area contributed by atoms with Crippen LogP contribution in [0.5, 0.6) is 0 Å². The summed E-state index contributed by atoms with van der Waals surface area (Å²) >= 11 is 0. The van der Waals surface area contributed by atoms with Crippen LogP contribution in [0.15, 0.2) is 0 Å². The molecule has 0 amide bonds. The van der Waals surface area contributed by atoms with Crippen molar-refractivity contribution in [2.24, 2.45) is 5.41 Å². The van der Waals surface area contributed by atoms with Crippen LogP contribution in [-0.2, 0) is 4.74 Å². The molecule has 1 saturated heterocycles. The van der Waals surface area contributed by atoms with E-state index in [4.69, 9.17) is 4.74 Å². The molecule has 1 unspecified atom stereocenters. The molecule has 1 aliphatic heterocycles. The smallest absolute Gasteiger partial charge is 0.0620 e. The van der Waals surface area contributed by atoms with E-state index in [1.54, 1.807) is 0 Å². The zero-order valence-corrected chi connectivity index (χ0v) is 9.35. The molecule has 2 aliphatic rings. The van der Waals surface area contributed by atoms with Crippen LogP contribution in [0.4, 0.5) is 0 Å². The Bertz CT molecular complexity index is 169. The van der Waals surface area contributed by atoms with Crippen molar-refractivity contribution in [3.8, 4) is 0 Å². The zero-order valence-electron chi connectivity index (χ0n) is 9.35. The first kappa shape index (κ1) is 10.4. The van der Waals surface area contributed by atoms with E-state index >= 15 is 0 Å². The highest BCUT2D eigenvalue weighted by Gasteiger charge is 2.27. The van der Waals surface area contributed by atoms with Crippen molar-refractivity contribution in [2.45, 2.75) is 51.5 Å². The molecule has 0 aromatic rings. The Labute approximate surface area is 87.4 Å². The van der Waals surface area contributed by atoms with Gasteiger partial charge < -0.3 is 10.1 Å². The van der Waals surface area contributed by atoms with Crippen molar-refractivity contribution in [1.29, 1.82) is 0 Å².